The van der Waals surface area contributed by atoms with Crippen molar-refractivity contribution in [2.45, 2.75) is 91.1 Å². The number of rotatable bonds is 6. The van der Waals surface area contributed by atoms with Gasteiger partial charge in [-0.25, -0.2) is 0 Å². The maximum absolute atomic E-state index is 11.2. The van der Waals surface area contributed by atoms with Crippen molar-refractivity contribution >= 4 is 0 Å². The van der Waals surface area contributed by atoms with Crippen molar-refractivity contribution in [3.8, 4) is 0 Å². The molecular formula is C18H32O17. The van der Waals surface area contributed by atoms with Gasteiger partial charge in [-0.2, -0.15) is 0 Å². The third-order valence-electron chi connectivity index (χ3n) is 6.69. The zero-order valence-electron chi connectivity index (χ0n) is 18.1. The third-order valence-corrected chi connectivity index (χ3v) is 6.69. The van der Waals surface area contributed by atoms with Gasteiger partial charge in [-0.1, -0.05) is 0 Å². The molecule has 3 aliphatic rings. The van der Waals surface area contributed by atoms with E-state index >= 15 is 0 Å². The third kappa shape index (κ3) is 4.49. The second-order valence-electron chi connectivity index (χ2n) is 8.75. The predicted molar refractivity (Wildman–Crippen MR) is 102 cm³/mol. The van der Waals surface area contributed by atoms with Gasteiger partial charge in [-0.15, -0.1) is 0 Å². The summed E-state index contributed by atoms with van der Waals surface area (Å²) in [5.41, 5.74) is -3.03. The molecule has 0 aromatic heterocycles. The molecule has 13 N–H and O–H groups in total. The second-order valence-corrected chi connectivity index (χ2v) is 8.75. The Kier molecular flexibility index (Phi) is 8.74. The van der Waals surface area contributed by atoms with Crippen LogP contribution < -0.4 is 0 Å². The summed E-state index contributed by atoms with van der Waals surface area (Å²) in [4.78, 5) is 0. The first-order valence-electron chi connectivity index (χ1n) is 10.6. The van der Waals surface area contributed by atoms with Crippen molar-refractivity contribution in [2.75, 3.05) is 19.8 Å². The maximum Gasteiger partial charge on any atom is 0.230 e. The molecule has 15 atom stereocenters. The van der Waals surface area contributed by atoms with E-state index in [1.54, 1.807) is 0 Å². The molecule has 3 rings (SSSR count). The average Bonchev–Trinajstić information content (AvgIpc) is 2.85. The van der Waals surface area contributed by atoms with Crippen LogP contribution in [0.5, 0.6) is 0 Å². The minimum Gasteiger partial charge on any atom is -0.394 e. The van der Waals surface area contributed by atoms with E-state index in [0.717, 1.165) is 0 Å². The van der Waals surface area contributed by atoms with Gasteiger partial charge < -0.3 is 85.3 Å². The lowest BCUT2D eigenvalue weighted by Crippen LogP contribution is -2.82. The Labute approximate surface area is 197 Å². The van der Waals surface area contributed by atoms with Gasteiger partial charge in [-0.05, 0) is 0 Å². The molecule has 0 spiro atoms. The van der Waals surface area contributed by atoms with Gasteiger partial charge >= 0.3 is 0 Å². The zero-order chi connectivity index (χ0) is 26.5. The Hall–Kier alpha value is -0.680. The van der Waals surface area contributed by atoms with Gasteiger partial charge in [0.2, 0.25) is 5.79 Å². The summed E-state index contributed by atoms with van der Waals surface area (Å²) in [5.74, 6) is -3.36. The maximum atomic E-state index is 11.2. The molecule has 17 nitrogen and oxygen atoms in total. The molecule has 17 heteroatoms. The summed E-state index contributed by atoms with van der Waals surface area (Å²) in [7, 11) is 0. The topological polar surface area (TPSA) is 300 Å². The van der Waals surface area contributed by atoms with Crippen molar-refractivity contribution in [1.29, 1.82) is 0 Å². The molecule has 2 unspecified atom stereocenters. The highest BCUT2D eigenvalue weighted by atomic mass is 16.8. The molecule has 0 radical (unpaired) electrons. The van der Waals surface area contributed by atoms with Gasteiger partial charge in [0.25, 0.3) is 0 Å². The molecule has 3 heterocycles. The van der Waals surface area contributed by atoms with Crippen molar-refractivity contribution < 1.29 is 85.3 Å². The predicted octanol–water partition coefficient (Wildman–Crippen LogP) is -8.86. The molecule has 206 valence electrons. The molecule has 0 aromatic rings. The molecule has 0 saturated carbocycles. The van der Waals surface area contributed by atoms with E-state index in [1.807, 2.05) is 0 Å². The van der Waals surface area contributed by atoms with Gasteiger partial charge in [-0.3, -0.25) is 0 Å². The van der Waals surface area contributed by atoms with Crippen LogP contribution >= 0.6 is 0 Å². The van der Waals surface area contributed by atoms with Gasteiger partial charge in [0.15, 0.2) is 18.2 Å². The van der Waals surface area contributed by atoms with Crippen LogP contribution in [0.15, 0.2) is 0 Å². The Balaban J connectivity index is 1.99. The standard InChI is InChI=1S/C18H32O17/c19-1-4-6(22)8(24)14(29)18(31,34-4)17(3-21)13(28)9(25)11(27)16(35-17)33-12-5(2-20)32-15(30)10(26)7(12)23/h4-16,19-31H,1-3H2/t4-,5-,6+,7-,8+,9-,10?,11-,12-,13-,14-,15?,16-,17+,18+/m1/s1. The fraction of sp³-hybridized carbons (Fsp3) is 1.00. The lowest BCUT2D eigenvalue weighted by atomic mass is 9.74. The second kappa shape index (κ2) is 10.6. The monoisotopic (exact) mass is 520 g/mol. The number of hydrogen-bond acceptors (Lipinski definition) is 17. The Morgan fingerprint density at radius 1 is 0.629 bits per heavy atom. The quantitative estimate of drug-likeness (QED) is 0.155. The normalized spacial score (nSPS) is 55.6. The highest BCUT2D eigenvalue weighted by Crippen LogP contribution is 2.45. The lowest BCUT2D eigenvalue weighted by molar-refractivity contribution is -0.465. The summed E-state index contributed by atoms with van der Waals surface area (Å²) in [6.07, 6.45) is -26.8. The molecular weight excluding hydrogens is 488 g/mol. The van der Waals surface area contributed by atoms with Crippen LogP contribution in [0, 0.1) is 0 Å². The minimum atomic E-state index is -3.36. The molecule has 0 amide bonds. The van der Waals surface area contributed by atoms with Crippen LogP contribution in [0.3, 0.4) is 0 Å². The first-order chi connectivity index (χ1) is 16.3. The summed E-state index contributed by atoms with van der Waals surface area (Å²) in [6.45, 7) is -3.40. The SMILES string of the molecule is OC[C@H]1O[C@](O)([C@@]2(CO)O[C@@H](O[C@H]3[C@H](O)C(O)C(O)O[C@@H]3CO)[C@H](O)[C@@H](O)[C@H]2O)[C@H](O)[C@@H](O)[C@H]1O. The number of hydrogen-bond donors (Lipinski definition) is 13. The van der Waals surface area contributed by atoms with Crippen LogP contribution in [-0.4, -0.2) is 177 Å². The lowest BCUT2D eigenvalue weighted by Gasteiger charge is -2.58. The van der Waals surface area contributed by atoms with Crippen molar-refractivity contribution in [3.63, 3.8) is 0 Å². The molecule has 3 saturated heterocycles. The van der Waals surface area contributed by atoms with Crippen LogP contribution in [-0.2, 0) is 18.9 Å². The highest BCUT2D eigenvalue weighted by Gasteiger charge is 2.71. The van der Waals surface area contributed by atoms with E-state index in [9.17, 15) is 66.4 Å². The first-order valence-corrected chi connectivity index (χ1v) is 10.6. The molecule has 0 aliphatic carbocycles. The smallest absolute Gasteiger partial charge is 0.230 e. The minimum absolute atomic E-state index is 0.890. The molecule has 3 aliphatic heterocycles. The van der Waals surface area contributed by atoms with Crippen LogP contribution in [0.25, 0.3) is 0 Å². The number of aliphatic hydroxyl groups is 13. The van der Waals surface area contributed by atoms with E-state index in [-0.39, 0.29) is 0 Å². The van der Waals surface area contributed by atoms with E-state index < -0.39 is 111 Å². The summed E-state index contributed by atoms with van der Waals surface area (Å²) < 4.78 is 20.8. The van der Waals surface area contributed by atoms with Crippen LogP contribution in [0.1, 0.15) is 0 Å². The van der Waals surface area contributed by atoms with E-state index in [4.69, 9.17) is 18.9 Å². The van der Waals surface area contributed by atoms with Crippen LogP contribution in [0.2, 0.25) is 0 Å². The van der Waals surface area contributed by atoms with Crippen molar-refractivity contribution in [2.24, 2.45) is 0 Å². The van der Waals surface area contributed by atoms with Crippen LogP contribution in [0.4, 0.5) is 0 Å². The van der Waals surface area contributed by atoms with Crippen molar-refractivity contribution in [3.05, 3.63) is 0 Å². The Morgan fingerprint density at radius 2 is 1.20 bits per heavy atom. The fourth-order valence-electron chi connectivity index (χ4n) is 4.51. The van der Waals surface area contributed by atoms with E-state index in [1.165, 1.54) is 0 Å². The largest absolute Gasteiger partial charge is 0.394 e. The number of aliphatic hydroxyl groups excluding tert-OH is 12. The molecule has 35 heavy (non-hydrogen) atoms. The highest BCUT2D eigenvalue weighted by molar-refractivity contribution is 5.14. The average molecular weight is 520 g/mol. The summed E-state index contributed by atoms with van der Waals surface area (Å²) in [6, 6.07) is 0. The molecule has 0 aromatic carbocycles. The molecule has 3 fully saturated rings. The van der Waals surface area contributed by atoms with Gasteiger partial charge in [0.1, 0.15) is 67.1 Å². The zero-order valence-corrected chi connectivity index (χ0v) is 18.1. The summed E-state index contributed by atoms with van der Waals surface area (Å²) in [5, 5.41) is 132. The van der Waals surface area contributed by atoms with E-state index in [0.29, 0.717) is 0 Å². The van der Waals surface area contributed by atoms with Gasteiger partial charge in [0, 0.05) is 0 Å². The summed E-state index contributed by atoms with van der Waals surface area (Å²) >= 11 is 0. The number of ether oxygens (including phenoxy) is 4. The Bertz CT molecular complexity index is 711. The Morgan fingerprint density at radius 3 is 1.74 bits per heavy atom. The van der Waals surface area contributed by atoms with Gasteiger partial charge in [0.05, 0.1) is 19.8 Å². The van der Waals surface area contributed by atoms with E-state index in [2.05, 4.69) is 0 Å². The fourth-order valence-corrected chi connectivity index (χ4v) is 4.51. The molecule has 0 bridgehead atoms. The first kappa shape index (κ1) is 28.9. The van der Waals surface area contributed by atoms with Crippen molar-refractivity contribution in [1.82, 2.24) is 0 Å².